The standard InChI is InChI=1S/C13H17FN2O2/c1-18-12-3-2-9(6-11(12)14)7-13(17)16-5-4-10(15)8-16/h2-3,6,10H,4-5,7-8,15H2,1H3/t10-/m0/s1. The molecule has 1 amide bonds. The van der Waals surface area contributed by atoms with E-state index in [9.17, 15) is 9.18 Å². The third-order valence-electron chi connectivity index (χ3n) is 3.15. The number of amides is 1. The van der Waals surface area contributed by atoms with Crippen molar-refractivity contribution in [2.45, 2.75) is 18.9 Å². The van der Waals surface area contributed by atoms with Gasteiger partial charge in [-0.25, -0.2) is 4.39 Å². The van der Waals surface area contributed by atoms with E-state index in [1.807, 2.05) is 0 Å². The van der Waals surface area contributed by atoms with E-state index in [2.05, 4.69) is 0 Å². The molecule has 1 saturated heterocycles. The Kier molecular flexibility index (Phi) is 3.81. The van der Waals surface area contributed by atoms with Gasteiger partial charge in [-0.2, -0.15) is 0 Å². The second-order valence-corrected chi connectivity index (χ2v) is 4.53. The van der Waals surface area contributed by atoms with Gasteiger partial charge in [0, 0.05) is 19.1 Å². The number of hydrogen-bond acceptors (Lipinski definition) is 3. The van der Waals surface area contributed by atoms with Crippen molar-refractivity contribution in [3.8, 4) is 5.75 Å². The fraction of sp³-hybridized carbons (Fsp3) is 0.462. The Hall–Kier alpha value is -1.62. The average Bonchev–Trinajstić information content (AvgIpc) is 2.76. The first-order chi connectivity index (χ1) is 8.60. The zero-order valence-electron chi connectivity index (χ0n) is 10.4. The van der Waals surface area contributed by atoms with Crippen LogP contribution in [0.2, 0.25) is 0 Å². The minimum atomic E-state index is -0.444. The highest BCUT2D eigenvalue weighted by Gasteiger charge is 2.23. The number of hydrogen-bond donors (Lipinski definition) is 1. The molecular weight excluding hydrogens is 235 g/mol. The first kappa shape index (κ1) is 12.8. The second kappa shape index (κ2) is 5.35. The van der Waals surface area contributed by atoms with E-state index in [1.54, 1.807) is 11.0 Å². The maximum absolute atomic E-state index is 13.5. The molecule has 0 radical (unpaired) electrons. The molecule has 0 saturated carbocycles. The van der Waals surface area contributed by atoms with Crippen LogP contribution in [0, 0.1) is 5.82 Å². The van der Waals surface area contributed by atoms with Crippen molar-refractivity contribution in [3.05, 3.63) is 29.6 Å². The minimum Gasteiger partial charge on any atom is -0.494 e. The molecule has 98 valence electrons. The van der Waals surface area contributed by atoms with Crippen molar-refractivity contribution in [2.75, 3.05) is 20.2 Å². The smallest absolute Gasteiger partial charge is 0.227 e. The van der Waals surface area contributed by atoms with Crippen LogP contribution in [-0.2, 0) is 11.2 Å². The summed E-state index contributed by atoms with van der Waals surface area (Å²) in [7, 11) is 1.41. The largest absolute Gasteiger partial charge is 0.494 e. The van der Waals surface area contributed by atoms with Gasteiger partial charge < -0.3 is 15.4 Å². The molecule has 0 aromatic heterocycles. The number of nitrogens with zero attached hydrogens (tertiary/aromatic N) is 1. The topological polar surface area (TPSA) is 55.6 Å². The van der Waals surface area contributed by atoms with E-state index < -0.39 is 5.82 Å². The van der Waals surface area contributed by atoms with Crippen molar-refractivity contribution in [2.24, 2.45) is 5.73 Å². The molecule has 0 unspecified atom stereocenters. The van der Waals surface area contributed by atoms with Crippen LogP contribution in [0.4, 0.5) is 4.39 Å². The highest BCUT2D eigenvalue weighted by atomic mass is 19.1. The van der Waals surface area contributed by atoms with Gasteiger partial charge in [0.1, 0.15) is 0 Å². The van der Waals surface area contributed by atoms with E-state index in [0.717, 1.165) is 6.42 Å². The molecule has 18 heavy (non-hydrogen) atoms. The van der Waals surface area contributed by atoms with E-state index in [1.165, 1.54) is 19.2 Å². The zero-order valence-corrected chi connectivity index (χ0v) is 10.4. The fourth-order valence-electron chi connectivity index (χ4n) is 2.12. The summed E-state index contributed by atoms with van der Waals surface area (Å²) in [5.41, 5.74) is 6.40. The molecule has 1 atom stereocenters. The Bertz CT molecular complexity index is 451. The van der Waals surface area contributed by atoms with Crippen LogP contribution < -0.4 is 10.5 Å². The maximum atomic E-state index is 13.5. The predicted molar refractivity (Wildman–Crippen MR) is 65.8 cm³/mol. The molecule has 0 bridgehead atoms. The van der Waals surface area contributed by atoms with Crippen molar-refractivity contribution in [1.29, 1.82) is 0 Å². The van der Waals surface area contributed by atoms with Crippen LogP contribution in [0.3, 0.4) is 0 Å². The van der Waals surface area contributed by atoms with Gasteiger partial charge in [0.05, 0.1) is 13.5 Å². The summed E-state index contributed by atoms with van der Waals surface area (Å²) in [5.74, 6) is -0.261. The summed E-state index contributed by atoms with van der Waals surface area (Å²) >= 11 is 0. The van der Waals surface area contributed by atoms with Crippen molar-refractivity contribution in [1.82, 2.24) is 4.90 Å². The molecule has 5 heteroatoms. The van der Waals surface area contributed by atoms with Gasteiger partial charge in [0.2, 0.25) is 5.91 Å². The van der Waals surface area contributed by atoms with Gasteiger partial charge in [0.15, 0.2) is 11.6 Å². The van der Waals surface area contributed by atoms with Gasteiger partial charge >= 0.3 is 0 Å². The summed E-state index contributed by atoms with van der Waals surface area (Å²) in [6.45, 7) is 1.29. The summed E-state index contributed by atoms with van der Waals surface area (Å²) in [5, 5.41) is 0. The zero-order chi connectivity index (χ0) is 13.1. The number of rotatable bonds is 3. The van der Waals surface area contributed by atoms with Gasteiger partial charge in [0.25, 0.3) is 0 Å². The Morgan fingerprint density at radius 1 is 1.61 bits per heavy atom. The Morgan fingerprint density at radius 2 is 2.39 bits per heavy atom. The van der Waals surface area contributed by atoms with E-state index in [0.29, 0.717) is 18.7 Å². The second-order valence-electron chi connectivity index (χ2n) is 4.53. The van der Waals surface area contributed by atoms with E-state index in [-0.39, 0.29) is 24.1 Å². The normalized spacial score (nSPS) is 19.1. The number of nitrogens with two attached hydrogens (primary N) is 1. The lowest BCUT2D eigenvalue weighted by Gasteiger charge is -2.15. The SMILES string of the molecule is COc1ccc(CC(=O)N2CC[C@H](N)C2)cc1F. The lowest BCUT2D eigenvalue weighted by molar-refractivity contribution is -0.129. The molecule has 1 fully saturated rings. The highest BCUT2D eigenvalue weighted by Crippen LogP contribution is 2.19. The van der Waals surface area contributed by atoms with Crippen molar-refractivity contribution >= 4 is 5.91 Å². The Labute approximate surface area is 106 Å². The van der Waals surface area contributed by atoms with Crippen LogP contribution in [0.25, 0.3) is 0 Å². The first-order valence-corrected chi connectivity index (χ1v) is 5.96. The summed E-state index contributed by atoms with van der Waals surface area (Å²) in [4.78, 5) is 13.7. The van der Waals surface area contributed by atoms with Crippen molar-refractivity contribution < 1.29 is 13.9 Å². The maximum Gasteiger partial charge on any atom is 0.227 e. The van der Waals surface area contributed by atoms with Crippen LogP contribution in [0.1, 0.15) is 12.0 Å². The number of benzene rings is 1. The molecule has 0 spiro atoms. The van der Waals surface area contributed by atoms with Crippen LogP contribution in [0.5, 0.6) is 5.75 Å². The third kappa shape index (κ3) is 2.79. The average molecular weight is 252 g/mol. The lowest BCUT2D eigenvalue weighted by atomic mass is 10.1. The molecule has 0 aliphatic carbocycles. The molecule has 4 nitrogen and oxygen atoms in total. The third-order valence-corrected chi connectivity index (χ3v) is 3.15. The summed E-state index contributed by atoms with van der Waals surface area (Å²) in [6.07, 6.45) is 1.04. The molecule has 1 aromatic rings. The molecule has 1 heterocycles. The Balaban J connectivity index is 2.01. The number of carbonyl (C=O) groups excluding carboxylic acids is 1. The number of ether oxygens (including phenoxy) is 1. The Morgan fingerprint density at radius 3 is 2.94 bits per heavy atom. The molecule has 1 aromatic carbocycles. The number of methoxy groups -OCH3 is 1. The first-order valence-electron chi connectivity index (χ1n) is 5.96. The molecule has 1 aliphatic rings. The summed E-state index contributed by atoms with van der Waals surface area (Å²) in [6, 6.07) is 4.65. The van der Waals surface area contributed by atoms with Gasteiger partial charge in [-0.3, -0.25) is 4.79 Å². The van der Waals surface area contributed by atoms with Gasteiger partial charge in [-0.05, 0) is 24.1 Å². The number of carbonyl (C=O) groups is 1. The number of halogens is 1. The van der Waals surface area contributed by atoms with Gasteiger partial charge in [-0.1, -0.05) is 6.07 Å². The highest BCUT2D eigenvalue weighted by molar-refractivity contribution is 5.79. The fourth-order valence-corrected chi connectivity index (χ4v) is 2.12. The molecule has 2 N–H and O–H groups in total. The molecule has 1 aliphatic heterocycles. The monoisotopic (exact) mass is 252 g/mol. The van der Waals surface area contributed by atoms with Crippen LogP contribution in [-0.4, -0.2) is 37.0 Å². The van der Waals surface area contributed by atoms with Crippen molar-refractivity contribution in [3.63, 3.8) is 0 Å². The lowest BCUT2D eigenvalue weighted by Crippen LogP contribution is -2.32. The quantitative estimate of drug-likeness (QED) is 0.871. The van der Waals surface area contributed by atoms with E-state index in [4.69, 9.17) is 10.5 Å². The van der Waals surface area contributed by atoms with Gasteiger partial charge in [-0.15, -0.1) is 0 Å². The minimum absolute atomic E-state index is 0.00693. The molecular formula is C13H17FN2O2. The summed E-state index contributed by atoms with van der Waals surface area (Å²) < 4.78 is 18.3. The van der Waals surface area contributed by atoms with Crippen LogP contribution in [0.15, 0.2) is 18.2 Å². The van der Waals surface area contributed by atoms with E-state index >= 15 is 0 Å². The van der Waals surface area contributed by atoms with Crippen LogP contribution >= 0.6 is 0 Å². The predicted octanol–water partition coefficient (Wildman–Crippen LogP) is 0.936. The molecule has 2 rings (SSSR count). The number of likely N-dealkylation sites (tertiary alicyclic amines) is 1.